The monoisotopic (exact) mass is 572 g/mol. The topological polar surface area (TPSA) is 113 Å². The first kappa shape index (κ1) is 27.3. The lowest BCUT2D eigenvalue weighted by Crippen LogP contribution is -2.33. The largest absolute Gasteiger partial charge is 0.489 e. The fourth-order valence-corrected chi connectivity index (χ4v) is 5.18. The minimum atomic E-state index is -0.688. The molecule has 0 spiro atoms. The van der Waals surface area contributed by atoms with Gasteiger partial charge in [-0.15, -0.1) is 0 Å². The standard InChI is InChI=1S/C30H30F2N8O2/c1-17-13-34-30(36-26-9-18(2)39(3)38-26)37-28(17)24-14-33-29-23(24)5-4-6-25(29)35-27(41)16-40-8-7-21(15-40)42-22-11-19(31)10-20(32)12-22/h4-6,9-14,21,33H,7-8,15-16H2,1-3H3,(H,35,41)(H,34,36,37,38)/t21-/m0/s1. The molecule has 1 aliphatic rings. The van der Waals surface area contributed by atoms with Crippen molar-refractivity contribution in [2.24, 2.45) is 7.05 Å². The number of benzene rings is 2. The molecule has 0 radical (unpaired) electrons. The van der Waals surface area contributed by atoms with E-state index in [-0.39, 0.29) is 24.3 Å². The number of amides is 1. The van der Waals surface area contributed by atoms with Crippen LogP contribution in [0, 0.1) is 25.5 Å². The number of nitrogens with zero attached hydrogens (tertiary/aromatic N) is 5. The van der Waals surface area contributed by atoms with Crippen LogP contribution in [0.25, 0.3) is 22.2 Å². The van der Waals surface area contributed by atoms with Crippen molar-refractivity contribution < 1.29 is 18.3 Å². The maximum Gasteiger partial charge on any atom is 0.238 e. The number of ether oxygens (including phenoxy) is 1. The van der Waals surface area contributed by atoms with E-state index >= 15 is 0 Å². The molecular formula is C30H30F2N8O2. The molecule has 1 amide bonds. The number of likely N-dealkylation sites (tertiary alicyclic amines) is 1. The molecule has 216 valence electrons. The van der Waals surface area contributed by atoms with E-state index in [0.717, 1.165) is 51.6 Å². The predicted molar refractivity (Wildman–Crippen MR) is 156 cm³/mol. The molecule has 0 saturated carbocycles. The van der Waals surface area contributed by atoms with Gasteiger partial charge < -0.3 is 20.4 Å². The first-order chi connectivity index (χ1) is 20.2. The third-order valence-electron chi connectivity index (χ3n) is 7.31. The minimum absolute atomic E-state index is 0.145. The molecule has 0 aliphatic carbocycles. The molecule has 12 heteroatoms. The second kappa shape index (κ2) is 11.2. The van der Waals surface area contributed by atoms with Gasteiger partial charge in [0.15, 0.2) is 5.82 Å². The van der Waals surface area contributed by atoms with E-state index in [9.17, 15) is 13.6 Å². The molecular weight excluding hydrogens is 542 g/mol. The Kier molecular flexibility index (Phi) is 7.29. The summed E-state index contributed by atoms with van der Waals surface area (Å²) < 4.78 is 34.5. The lowest BCUT2D eigenvalue weighted by molar-refractivity contribution is -0.117. The molecule has 3 aromatic heterocycles. The highest BCUT2D eigenvalue weighted by molar-refractivity contribution is 6.06. The molecule has 1 atom stereocenters. The van der Waals surface area contributed by atoms with Gasteiger partial charge >= 0.3 is 0 Å². The zero-order chi connectivity index (χ0) is 29.4. The Hall–Kier alpha value is -4.84. The highest BCUT2D eigenvalue weighted by Gasteiger charge is 2.26. The molecule has 3 N–H and O–H groups in total. The number of carbonyl (C=O) groups excluding carboxylic acids is 1. The zero-order valence-electron chi connectivity index (χ0n) is 23.4. The first-order valence-corrected chi connectivity index (χ1v) is 13.6. The van der Waals surface area contributed by atoms with E-state index in [1.54, 1.807) is 10.9 Å². The van der Waals surface area contributed by atoms with Crippen molar-refractivity contribution in [2.45, 2.75) is 26.4 Å². The number of hydrogen-bond acceptors (Lipinski definition) is 7. The average molecular weight is 573 g/mol. The lowest BCUT2D eigenvalue weighted by atomic mass is 10.1. The number of para-hydroxylation sites is 1. The fourth-order valence-electron chi connectivity index (χ4n) is 5.18. The van der Waals surface area contributed by atoms with Crippen LogP contribution in [-0.2, 0) is 11.8 Å². The van der Waals surface area contributed by atoms with Gasteiger partial charge in [0.1, 0.15) is 23.5 Å². The van der Waals surface area contributed by atoms with Crippen LogP contribution >= 0.6 is 0 Å². The molecule has 1 aliphatic heterocycles. The quantitative estimate of drug-likeness (QED) is 0.237. The third-order valence-corrected chi connectivity index (χ3v) is 7.31. The van der Waals surface area contributed by atoms with Crippen LogP contribution in [0.1, 0.15) is 17.7 Å². The Morgan fingerprint density at radius 1 is 1.17 bits per heavy atom. The van der Waals surface area contributed by atoms with Gasteiger partial charge in [0.2, 0.25) is 11.9 Å². The summed E-state index contributed by atoms with van der Waals surface area (Å²) in [6.07, 6.45) is 4.03. The van der Waals surface area contributed by atoms with Gasteiger partial charge in [-0.05, 0) is 31.9 Å². The highest BCUT2D eigenvalue weighted by atomic mass is 19.1. The lowest BCUT2D eigenvalue weighted by Gasteiger charge is -2.17. The molecule has 42 heavy (non-hydrogen) atoms. The summed E-state index contributed by atoms with van der Waals surface area (Å²) in [4.78, 5) is 27.4. The SMILES string of the molecule is Cc1cnc(Nc2cc(C)n(C)n2)nc1-c1c[nH]c2c(NC(=O)CN3CC[C@H](Oc4cc(F)cc(F)c4)C3)cccc12. The summed E-state index contributed by atoms with van der Waals surface area (Å²) in [6, 6.07) is 10.8. The van der Waals surface area contributed by atoms with E-state index in [4.69, 9.17) is 9.72 Å². The Labute approximate surface area is 240 Å². The van der Waals surface area contributed by atoms with Crippen molar-refractivity contribution in [1.82, 2.24) is 29.6 Å². The number of halogens is 2. The molecule has 5 aromatic rings. The molecule has 1 saturated heterocycles. The Bertz CT molecular complexity index is 1740. The van der Waals surface area contributed by atoms with Gasteiger partial charge in [-0.1, -0.05) is 12.1 Å². The van der Waals surface area contributed by atoms with E-state index in [1.807, 2.05) is 56.3 Å². The zero-order valence-corrected chi connectivity index (χ0v) is 23.4. The van der Waals surface area contributed by atoms with Crippen molar-refractivity contribution in [3.8, 4) is 17.0 Å². The number of aromatic nitrogens is 5. The van der Waals surface area contributed by atoms with Crippen molar-refractivity contribution in [1.29, 1.82) is 0 Å². The van der Waals surface area contributed by atoms with Crippen LogP contribution in [0.2, 0.25) is 0 Å². The van der Waals surface area contributed by atoms with Crippen LogP contribution < -0.4 is 15.4 Å². The van der Waals surface area contributed by atoms with Crippen LogP contribution in [0.4, 0.5) is 26.2 Å². The van der Waals surface area contributed by atoms with Crippen molar-refractivity contribution >= 4 is 34.3 Å². The molecule has 1 fully saturated rings. The first-order valence-electron chi connectivity index (χ1n) is 13.6. The fraction of sp³-hybridized carbons (Fsp3) is 0.267. The second-order valence-electron chi connectivity index (χ2n) is 10.5. The maximum atomic E-state index is 13.5. The van der Waals surface area contributed by atoms with E-state index in [0.29, 0.717) is 37.0 Å². The van der Waals surface area contributed by atoms with Gasteiger partial charge in [0.25, 0.3) is 0 Å². The van der Waals surface area contributed by atoms with Crippen molar-refractivity contribution in [3.05, 3.63) is 77.8 Å². The summed E-state index contributed by atoms with van der Waals surface area (Å²) in [5, 5.41) is 11.5. The smallest absolute Gasteiger partial charge is 0.238 e. The van der Waals surface area contributed by atoms with E-state index in [1.165, 1.54) is 0 Å². The number of aromatic amines is 1. The Morgan fingerprint density at radius 3 is 2.74 bits per heavy atom. The summed E-state index contributed by atoms with van der Waals surface area (Å²) in [7, 11) is 1.87. The normalized spacial score (nSPS) is 15.3. The molecule has 0 unspecified atom stereocenters. The van der Waals surface area contributed by atoms with Crippen LogP contribution in [-0.4, -0.2) is 61.3 Å². The highest BCUT2D eigenvalue weighted by Crippen LogP contribution is 2.33. The number of hydrogen-bond donors (Lipinski definition) is 3. The summed E-state index contributed by atoms with van der Waals surface area (Å²) in [5.74, 6) is -0.312. The predicted octanol–water partition coefficient (Wildman–Crippen LogP) is 5.09. The number of fused-ring (bicyclic) bond motifs is 1. The number of nitrogens with one attached hydrogen (secondary N) is 3. The van der Waals surface area contributed by atoms with Crippen molar-refractivity contribution in [3.63, 3.8) is 0 Å². The van der Waals surface area contributed by atoms with E-state index in [2.05, 4.69) is 25.7 Å². The average Bonchev–Trinajstić information content (AvgIpc) is 3.64. The second-order valence-corrected chi connectivity index (χ2v) is 10.5. The van der Waals surface area contributed by atoms with Crippen LogP contribution in [0.15, 0.2) is 54.9 Å². The molecule has 6 rings (SSSR count). The molecule has 10 nitrogen and oxygen atoms in total. The molecule has 4 heterocycles. The number of aryl methyl sites for hydroxylation is 3. The van der Waals surface area contributed by atoms with Gasteiger partial charge in [0.05, 0.1) is 23.4 Å². The molecule has 0 bridgehead atoms. The minimum Gasteiger partial charge on any atom is -0.489 e. The van der Waals surface area contributed by atoms with Crippen LogP contribution in [0.5, 0.6) is 5.75 Å². The Morgan fingerprint density at radius 2 is 1.98 bits per heavy atom. The van der Waals surface area contributed by atoms with Gasteiger partial charge in [0, 0.05) is 73.4 Å². The number of carbonyl (C=O) groups is 1. The van der Waals surface area contributed by atoms with Gasteiger partial charge in [-0.25, -0.2) is 18.7 Å². The van der Waals surface area contributed by atoms with Crippen LogP contribution in [0.3, 0.4) is 0 Å². The van der Waals surface area contributed by atoms with Gasteiger partial charge in [-0.2, -0.15) is 5.10 Å². The van der Waals surface area contributed by atoms with Gasteiger partial charge in [-0.3, -0.25) is 14.4 Å². The third kappa shape index (κ3) is 5.79. The summed E-state index contributed by atoms with van der Waals surface area (Å²) in [6.45, 7) is 5.19. The number of anilines is 3. The molecule has 2 aromatic carbocycles. The number of H-pyrrole nitrogens is 1. The van der Waals surface area contributed by atoms with E-state index < -0.39 is 11.6 Å². The maximum absolute atomic E-state index is 13.5. The summed E-state index contributed by atoms with van der Waals surface area (Å²) in [5.41, 5.74) is 4.99. The Balaban J connectivity index is 1.14. The van der Waals surface area contributed by atoms with Crippen molar-refractivity contribution in [2.75, 3.05) is 30.3 Å². The number of rotatable bonds is 8. The summed E-state index contributed by atoms with van der Waals surface area (Å²) >= 11 is 0.